The highest BCUT2D eigenvalue weighted by molar-refractivity contribution is 6.12. The van der Waals surface area contributed by atoms with Crippen LogP contribution in [0.4, 0.5) is 0 Å². The van der Waals surface area contributed by atoms with Gasteiger partial charge in [-0.1, -0.05) is 54.1 Å². The van der Waals surface area contributed by atoms with Gasteiger partial charge in [-0.05, 0) is 19.9 Å². The highest BCUT2D eigenvalue weighted by Crippen LogP contribution is 2.19. The average Bonchev–Trinajstić information content (AvgIpc) is 2.68. The van der Waals surface area contributed by atoms with Gasteiger partial charge in [-0.15, -0.1) is 10.2 Å². The van der Waals surface area contributed by atoms with Crippen LogP contribution in [0.3, 0.4) is 0 Å². The van der Waals surface area contributed by atoms with Gasteiger partial charge in [-0.2, -0.15) is 0 Å². The van der Waals surface area contributed by atoms with Gasteiger partial charge < -0.3 is 4.74 Å². The molecule has 2 aromatic carbocycles. The fourth-order valence-electron chi connectivity index (χ4n) is 2.45. The highest BCUT2D eigenvalue weighted by atomic mass is 16.5. The summed E-state index contributed by atoms with van der Waals surface area (Å²) in [5.74, 6) is -0.846. The van der Waals surface area contributed by atoms with Gasteiger partial charge in [-0.3, -0.25) is 4.79 Å². The minimum Gasteiger partial charge on any atom is -0.461 e. The normalized spacial score (nSPS) is 10.4. The second-order valence-electron chi connectivity index (χ2n) is 5.62. The topological polar surface area (TPSA) is 82.0 Å². The number of ether oxygens (including phenoxy) is 1. The van der Waals surface area contributed by atoms with Gasteiger partial charge in [0.1, 0.15) is 5.69 Å². The summed E-state index contributed by atoms with van der Waals surface area (Å²) in [6.45, 7) is 3.79. The Kier molecular flexibility index (Phi) is 5.12. The quantitative estimate of drug-likeness (QED) is 0.520. The third-order valence-electron chi connectivity index (χ3n) is 3.68. The maximum absolute atomic E-state index is 12.9. The minimum absolute atomic E-state index is 0.0684. The Hall–Kier alpha value is -3.41. The SMILES string of the molecule is CCOC(=O)c1nnc(-c2cccc(C)c2)nc1C(=O)c1ccccc1. The van der Waals surface area contributed by atoms with Crippen LogP contribution >= 0.6 is 0 Å². The van der Waals surface area contributed by atoms with Crippen LogP contribution in [0, 0.1) is 6.92 Å². The third kappa shape index (κ3) is 3.64. The number of aromatic nitrogens is 3. The van der Waals surface area contributed by atoms with Crippen LogP contribution in [0.15, 0.2) is 54.6 Å². The molecule has 0 unspecified atom stereocenters. The molecule has 0 atom stereocenters. The summed E-state index contributed by atoms with van der Waals surface area (Å²) in [4.78, 5) is 29.4. The number of ketones is 1. The number of hydrogen-bond acceptors (Lipinski definition) is 6. The molecule has 130 valence electrons. The fourth-order valence-corrected chi connectivity index (χ4v) is 2.45. The molecule has 26 heavy (non-hydrogen) atoms. The number of hydrogen-bond donors (Lipinski definition) is 0. The Balaban J connectivity index is 2.12. The van der Waals surface area contributed by atoms with E-state index >= 15 is 0 Å². The molecule has 0 fully saturated rings. The van der Waals surface area contributed by atoms with Crippen LogP contribution in [0.1, 0.15) is 39.0 Å². The first kappa shape index (κ1) is 17.4. The summed E-state index contributed by atoms with van der Waals surface area (Å²) in [5, 5.41) is 7.96. The number of benzene rings is 2. The van der Waals surface area contributed by atoms with E-state index in [2.05, 4.69) is 15.2 Å². The van der Waals surface area contributed by atoms with Gasteiger partial charge in [0.15, 0.2) is 5.82 Å². The molecular weight excluding hydrogens is 330 g/mol. The molecule has 0 amide bonds. The molecule has 0 spiro atoms. The maximum Gasteiger partial charge on any atom is 0.361 e. The number of carbonyl (C=O) groups excluding carboxylic acids is 2. The molecule has 3 rings (SSSR count). The van der Waals surface area contributed by atoms with E-state index in [0.717, 1.165) is 11.1 Å². The molecule has 0 saturated carbocycles. The smallest absolute Gasteiger partial charge is 0.361 e. The van der Waals surface area contributed by atoms with Gasteiger partial charge in [0, 0.05) is 11.1 Å². The van der Waals surface area contributed by atoms with Crippen molar-refractivity contribution in [2.75, 3.05) is 6.61 Å². The average molecular weight is 347 g/mol. The molecule has 6 nitrogen and oxygen atoms in total. The van der Waals surface area contributed by atoms with Gasteiger partial charge in [0.2, 0.25) is 11.5 Å². The number of esters is 1. The molecule has 0 saturated heterocycles. The molecule has 3 aromatic rings. The molecule has 1 heterocycles. The Bertz CT molecular complexity index is 956. The van der Waals surface area contributed by atoms with Crippen molar-refractivity contribution in [1.82, 2.24) is 15.2 Å². The molecule has 0 bridgehead atoms. The maximum atomic E-state index is 12.9. The van der Waals surface area contributed by atoms with E-state index in [1.165, 1.54) is 0 Å². The van der Waals surface area contributed by atoms with Crippen molar-refractivity contribution in [1.29, 1.82) is 0 Å². The monoisotopic (exact) mass is 347 g/mol. The van der Waals surface area contributed by atoms with Crippen LogP contribution in [0.5, 0.6) is 0 Å². The molecule has 6 heteroatoms. The summed E-state index contributed by atoms with van der Waals surface area (Å²) >= 11 is 0. The van der Waals surface area contributed by atoms with Crippen LogP contribution < -0.4 is 0 Å². The first-order valence-electron chi connectivity index (χ1n) is 8.18. The van der Waals surface area contributed by atoms with Crippen LogP contribution in [0.2, 0.25) is 0 Å². The summed E-state index contributed by atoms with van der Waals surface area (Å²) < 4.78 is 4.99. The van der Waals surface area contributed by atoms with E-state index < -0.39 is 11.8 Å². The lowest BCUT2D eigenvalue weighted by atomic mass is 10.1. The zero-order chi connectivity index (χ0) is 18.5. The number of nitrogens with zero attached hydrogens (tertiary/aromatic N) is 3. The van der Waals surface area contributed by atoms with Crippen molar-refractivity contribution < 1.29 is 14.3 Å². The third-order valence-corrected chi connectivity index (χ3v) is 3.68. The lowest BCUT2D eigenvalue weighted by Crippen LogP contribution is -2.18. The van der Waals surface area contributed by atoms with Gasteiger partial charge in [0.25, 0.3) is 0 Å². The highest BCUT2D eigenvalue weighted by Gasteiger charge is 2.24. The van der Waals surface area contributed by atoms with Crippen molar-refractivity contribution in [3.05, 3.63) is 77.1 Å². The summed E-state index contributed by atoms with van der Waals surface area (Å²) in [6, 6.07) is 16.1. The molecule has 0 radical (unpaired) electrons. The van der Waals surface area contributed by atoms with Crippen LogP contribution in [0.25, 0.3) is 11.4 Å². The standard InChI is InChI=1S/C20H17N3O3/c1-3-26-20(25)17-16(18(24)14-9-5-4-6-10-14)21-19(23-22-17)15-11-7-8-13(2)12-15/h4-12H,3H2,1-2H3. The van der Waals surface area contributed by atoms with Gasteiger partial charge in [-0.25, -0.2) is 9.78 Å². The lowest BCUT2D eigenvalue weighted by Gasteiger charge is -2.08. The molecule has 1 aromatic heterocycles. The van der Waals surface area contributed by atoms with Crippen molar-refractivity contribution in [3.63, 3.8) is 0 Å². The van der Waals surface area contributed by atoms with Gasteiger partial charge >= 0.3 is 5.97 Å². The van der Waals surface area contributed by atoms with Crippen LogP contribution in [-0.4, -0.2) is 33.5 Å². The van der Waals surface area contributed by atoms with Crippen molar-refractivity contribution in [3.8, 4) is 11.4 Å². The predicted molar refractivity (Wildman–Crippen MR) is 95.8 cm³/mol. The van der Waals surface area contributed by atoms with Crippen molar-refractivity contribution in [2.24, 2.45) is 0 Å². The summed E-state index contributed by atoms with van der Waals surface area (Å²) in [5.41, 5.74) is 1.90. The Morgan fingerprint density at radius 3 is 2.42 bits per heavy atom. The van der Waals surface area contributed by atoms with Crippen molar-refractivity contribution >= 4 is 11.8 Å². The van der Waals surface area contributed by atoms with E-state index in [1.54, 1.807) is 37.3 Å². The first-order chi connectivity index (χ1) is 12.6. The predicted octanol–water partition coefficient (Wildman–Crippen LogP) is 3.25. The Morgan fingerprint density at radius 1 is 0.962 bits per heavy atom. The second-order valence-corrected chi connectivity index (χ2v) is 5.62. The van der Waals surface area contributed by atoms with Gasteiger partial charge in [0.05, 0.1) is 6.61 Å². The largest absolute Gasteiger partial charge is 0.461 e. The summed E-state index contributed by atoms with van der Waals surface area (Å²) in [7, 11) is 0. The van der Waals surface area contributed by atoms with E-state index in [9.17, 15) is 9.59 Å². The zero-order valence-electron chi connectivity index (χ0n) is 14.5. The lowest BCUT2D eigenvalue weighted by molar-refractivity contribution is 0.0514. The number of aryl methyl sites for hydroxylation is 1. The molecular formula is C20H17N3O3. The fraction of sp³-hybridized carbons (Fsp3) is 0.150. The minimum atomic E-state index is -0.720. The molecule has 0 N–H and O–H groups in total. The Labute approximate surface area is 150 Å². The van der Waals surface area contributed by atoms with E-state index in [1.807, 2.05) is 31.2 Å². The van der Waals surface area contributed by atoms with E-state index in [0.29, 0.717) is 5.56 Å². The zero-order valence-corrected chi connectivity index (χ0v) is 14.5. The van der Waals surface area contributed by atoms with Crippen molar-refractivity contribution in [2.45, 2.75) is 13.8 Å². The van der Waals surface area contributed by atoms with E-state index in [-0.39, 0.29) is 23.8 Å². The molecule has 0 aliphatic rings. The summed E-state index contributed by atoms with van der Waals surface area (Å²) in [6.07, 6.45) is 0. The Morgan fingerprint density at radius 2 is 1.73 bits per heavy atom. The number of carbonyl (C=O) groups is 2. The first-order valence-corrected chi connectivity index (χ1v) is 8.18. The number of rotatable bonds is 5. The second kappa shape index (κ2) is 7.65. The van der Waals surface area contributed by atoms with E-state index in [4.69, 9.17) is 4.74 Å². The molecule has 0 aliphatic heterocycles. The molecule has 0 aliphatic carbocycles. The van der Waals surface area contributed by atoms with Crippen LogP contribution in [-0.2, 0) is 4.74 Å².